The number of nitrogens with zero attached hydrogens (tertiary/aromatic N) is 2. The summed E-state index contributed by atoms with van der Waals surface area (Å²) < 4.78 is 12.5. The Kier molecular flexibility index (Phi) is 5.88. The maximum absolute atomic E-state index is 11.6. The topological polar surface area (TPSA) is 97.4 Å². The lowest BCUT2D eigenvalue weighted by Gasteiger charge is -2.12. The summed E-state index contributed by atoms with van der Waals surface area (Å²) in [6.07, 6.45) is 1.22. The van der Waals surface area contributed by atoms with Gasteiger partial charge in [-0.3, -0.25) is 4.79 Å². The van der Waals surface area contributed by atoms with E-state index in [9.17, 15) is 4.79 Å². The number of carbonyl (C=O) groups is 1. The van der Waals surface area contributed by atoms with Gasteiger partial charge < -0.3 is 25.4 Å². The summed E-state index contributed by atoms with van der Waals surface area (Å²) in [5.74, 6) is 1.12. The van der Waals surface area contributed by atoms with Crippen molar-refractivity contribution in [2.24, 2.45) is 0 Å². The van der Waals surface area contributed by atoms with E-state index >= 15 is 0 Å². The Balaban J connectivity index is 1.42. The molecule has 166 valence electrons. The zero-order valence-corrected chi connectivity index (χ0v) is 18.4. The van der Waals surface area contributed by atoms with Gasteiger partial charge in [-0.2, -0.15) is 4.98 Å². The number of aromatic nitrogens is 2. The van der Waals surface area contributed by atoms with Gasteiger partial charge in [0, 0.05) is 35.2 Å². The molecule has 1 amide bonds. The average Bonchev–Trinajstić information content (AvgIpc) is 3.17. The predicted molar refractivity (Wildman–Crippen MR) is 131 cm³/mol. The molecule has 0 saturated heterocycles. The number of anilines is 4. The maximum atomic E-state index is 11.6. The first-order valence-corrected chi connectivity index (χ1v) is 11.2. The zero-order chi connectivity index (χ0) is 22.6. The van der Waals surface area contributed by atoms with Crippen LogP contribution >= 0.6 is 11.3 Å². The van der Waals surface area contributed by atoms with Gasteiger partial charge in [0.2, 0.25) is 17.7 Å². The Labute approximate surface area is 194 Å². The van der Waals surface area contributed by atoms with Crippen molar-refractivity contribution in [1.29, 1.82) is 0 Å². The van der Waals surface area contributed by atoms with Crippen molar-refractivity contribution in [3.63, 3.8) is 0 Å². The molecular formula is C24H21N5O3S. The lowest BCUT2D eigenvalue weighted by Crippen LogP contribution is -2.07. The van der Waals surface area contributed by atoms with E-state index in [0.29, 0.717) is 36.5 Å². The van der Waals surface area contributed by atoms with Gasteiger partial charge in [-0.15, -0.1) is 11.3 Å². The maximum Gasteiger partial charge on any atom is 0.247 e. The van der Waals surface area contributed by atoms with Crippen molar-refractivity contribution in [2.45, 2.75) is 6.61 Å². The fourth-order valence-electron chi connectivity index (χ4n) is 3.42. The molecule has 0 atom stereocenters. The molecule has 0 saturated carbocycles. The van der Waals surface area contributed by atoms with Crippen LogP contribution in [0.25, 0.3) is 10.2 Å². The molecule has 0 spiro atoms. The highest BCUT2D eigenvalue weighted by molar-refractivity contribution is 7.17. The third-order valence-electron chi connectivity index (χ3n) is 4.96. The van der Waals surface area contributed by atoms with Gasteiger partial charge in [-0.05, 0) is 41.8 Å². The van der Waals surface area contributed by atoms with Gasteiger partial charge in [0.15, 0.2) is 0 Å². The molecule has 33 heavy (non-hydrogen) atoms. The molecule has 0 fully saturated rings. The number of hydrogen-bond acceptors (Lipinski definition) is 8. The van der Waals surface area contributed by atoms with Gasteiger partial charge >= 0.3 is 0 Å². The lowest BCUT2D eigenvalue weighted by molar-refractivity contribution is -0.111. The first kappa shape index (κ1) is 20.9. The van der Waals surface area contributed by atoms with E-state index in [1.165, 1.54) is 17.4 Å². The molecule has 8 nitrogen and oxygen atoms in total. The minimum Gasteiger partial charge on any atom is -0.437 e. The van der Waals surface area contributed by atoms with Crippen molar-refractivity contribution < 1.29 is 14.3 Å². The molecule has 2 aromatic carbocycles. The Morgan fingerprint density at radius 1 is 1.18 bits per heavy atom. The van der Waals surface area contributed by atoms with E-state index in [-0.39, 0.29) is 5.91 Å². The summed E-state index contributed by atoms with van der Waals surface area (Å²) in [4.78, 5) is 20.9. The van der Waals surface area contributed by atoms with Gasteiger partial charge in [-0.25, -0.2) is 4.98 Å². The summed E-state index contributed by atoms with van der Waals surface area (Å²) in [6, 6.07) is 15.1. The van der Waals surface area contributed by atoms with Crippen LogP contribution in [0.5, 0.6) is 11.6 Å². The molecule has 1 aliphatic heterocycles. The van der Waals surface area contributed by atoms with Gasteiger partial charge in [0.1, 0.15) is 10.4 Å². The van der Waals surface area contributed by atoms with Crippen LogP contribution in [0.3, 0.4) is 0 Å². The van der Waals surface area contributed by atoms with Gasteiger partial charge in [0.25, 0.3) is 0 Å². The number of fused-ring (bicyclic) bond motifs is 2. The van der Waals surface area contributed by atoms with E-state index in [1.807, 2.05) is 29.6 Å². The summed E-state index contributed by atoms with van der Waals surface area (Å²) >= 11 is 1.50. The third-order valence-corrected chi connectivity index (χ3v) is 5.85. The molecular weight excluding hydrogens is 438 g/mol. The van der Waals surface area contributed by atoms with Crippen LogP contribution < -0.4 is 20.7 Å². The largest absolute Gasteiger partial charge is 0.437 e. The van der Waals surface area contributed by atoms with E-state index in [4.69, 9.17) is 9.47 Å². The molecule has 9 heteroatoms. The summed E-state index contributed by atoms with van der Waals surface area (Å²) in [5.41, 5.74) is 4.39. The first-order valence-electron chi connectivity index (χ1n) is 10.4. The normalized spacial score (nSPS) is 12.8. The Morgan fingerprint density at radius 3 is 3.03 bits per heavy atom. The molecule has 0 aliphatic carbocycles. The lowest BCUT2D eigenvalue weighted by atomic mass is 10.1. The average molecular weight is 460 g/mol. The molecule has 3 N–H and O–H groups in total. The fraction of sp³-hybridized carbons (Fsp3) is 0.125. The highest BCUT2D eigenvalue weighted by atomic mass is 32.1. The summed E-state index contributed by atoms with van der Waals surface area (Å²) in [5, 5.41) is 11.3. The number of rotatable bonds is 6. The van der Waals surface area contributed by atoms with Gasteiger partial charge in [0.05, 0.1) is 18.7 Å². The van der Waals surface area contributed by atoms with Gasteiger partial charge in [-0.1, -0.05) is 18.7 Å². The van der Waals surface area contributed by atoms with Crippen LogP contribution in [0, 0.1) is 0 Å². The zero-order valence-electron chi connectivity index (χ0n) is 17.6. The quantitative estimate of drug-likeness (QED) is 0.337. The van der Waals surface area contributed by atoms with Crippen LogP contribution in [0.1, 0.15) is 5.56 Å². The number of ether oxygens (including phenoxy) is 2. The second kappa shape index (κ2) is 9.27. The van der Waals surface area contributed by atoms with E-state index in [0.717, 1.165) is 33.7 Å². The van der Waals surface area contributed by atoms with Crippen molar-refractivity contribution in [1.82, 2.24) is 9.97 Å². The third kappa shape index (κ3) is 4.79. The molecule has 3 heterocycles. The van der Waals surface area contributed by atoms with E-state index in [2.05, 4.69) is 32.5 Å². The van der Waals surface area contributed by atoms with Crippen LogP contribution in [0.15, 0.2) is 66.6 Å². The van der Waals surface area contributed by atoms with Crippen LogP contribution in [-0.4, -0.2) is 29.0 Å². The number of hydrogen-bond donors (Lipinski definition) is 3. The molecule has 0 unspecified atom stereocenters. The SMILES string of the molecule is C=CC(=O)Nc1cccc(Oc2nc(Nc3ccc4c(c3)NCCOC4)nc3ccsc23)c1. The number of amides is 1. The minimum absolute atomic E-state index is 0.289. The standard InChI is InChI=1S/C24H21N5O3S/c1-2-21(30)26-16-4-3-5-18(12-16)32-23-22-19(8-11-33-22)28-24(29-23)27-17-7-6-15-14-31-10-9-25-20(15)13-17/h2-8,11-13,25H,1,9-10,14H2,(H,26,30)(H,27,28,29). The summed E-state index contributed by atoms with van der Waals surface area (Å²) in [7, 11) is 0. The number of carbonyl (C=O) groups excluding carboxylic acids is 1. The fourth-order valence-corrected chi connectivity index (χ4v) is 4.17. The van der Waals surface area contributed by atoms with Crippen LogP contribution in [0.2, 0.25) is 0 Å². The second-order valence-electron chi connectivity index (χ2n) is 7.29. The monoisotopic (exact) mass is 459 g/mol. The summed E-state index contributed by atoms with van der Waals surface area (Å²) in [6.45, 7) is 5.50. The highest BCUT2D eigenvalue weighted by Gasteiger charge is 2.14. The molecule has 4 aromatic rings. The predicted octanol–water partition coefficient (Wildman–Crippen LogP) is 5.29. The molecule has 1 aliphatic rings. The minimum atomic E-state index is -0.289. The van der Waals surface area contributed by atoms with Crippen LogP contribution in [0.4, 0.5) is 23.0 Å². The Bertz CT molecular complexity index is 1340. The Hall–Kier alpha value is -3.95. The molecule has 0 bridgehead atoms. The van der Waals surface area contributed by atoms with Crippen molar-refractivity contribution in [3.8, 4) is 11.6 Å². The van der Waals surface area contributed by atoms with E-state index in [1.54, 1.807) is 24.3 Å². The number of benzene rings is 2. The second-order valence-corrected chi connectivity index (χ2v) is 8.20. The number of nitrogens with one attached hydrogen (secondary N) is 3. The van der Waals surface area contributed by atoms with Crippen LogP contribution in [-0.2, 0) is 16.1 Å². The molecule has 0 radical (unpaired) electrons. The van der Waals surface area contributed by atoms with Crippen molar-refractivity contribution in [3.05, 3.63) is 72.1 Å². The van der Waals surface area contributed by atoms with E-state index < -0.39 is 0 Å². The smallest absolute Gasteiger partial charge is 0.247 e. The molecule has 5 rings (SSSR count). The van der Waals surface area contributed by atoms with Crippen molar-refractivity contribution in [2.75, 3.05) is 29.1 Å². The first-order chi connectivity index (χ1) is 16.2. The molecule has 2 aromatic heterocycles. The number of thiophene rings is 1. The van der Waals surface area contributed by atoms with Crippen molar-refractivity contribution >= 4 is 50.5 Å². The Morgan fingerprint density at radius 2 is 2.12 bits per heavy atom. The highest BCUT2D eigenvalue weighted by Crippen LogP contribution is 2.34.